The van der Waals surface area contributed by atoms with Gasteiger partial charge in [-0.05, 0) is 44.4 Å². The molecule has 0 saturated heterocycles. The van der Waals surface area contributed by atoms with Crippen LogP contribution in [0.4, 0.5) is 0 Å². The van der Waals surface area contributed by atoms with Gasteiger partial charge in [0, 0.05) is 23.4 Å². The minimum Gasteiger partial charge on any atom is -0.352 e. The average molecular weight is 433 g/mol. The van der Waals surface area contributed by atoms with Crippen molar-refractivity contribution in [1.29, 1.82) is 0 Å². The third-order valence-corrected chi connectivity index (χ3v) is 5.86. The molecule has 2 aromatic rings. The van der Waals surface area contributed by atoms with E-state index in [9.17, 15) is 9.59 Å². The summed E-state index contributed by atoms with van der Waals surface area (Å²) >= 11 is 7.71. The smallest absolute Gasteiger partial charge is 0.242 e. The zero-order valence-electron chi connectivity index (χ0n) is 17.2. The predicted molar refractivity (Wildman–Crippen MR) is 122 cm³/mol. The molecule has 2 aromatic carbocycles. The van der Waals surface area contributed by atoms with Gasteiger partial charge in [-0.25, -0.2) is 0 Å². The molecular weight excluding hydrogens is 404 g/mol. The van der Waals surface area contributed by atoms with Gasteiger partial charge in [-0.2, -0.15) is 0 Å². The number of rotatable bonds is 10. The van der Waals surface area contributed by atoms with E-state index in [1.165, 1.54) is 11.8 Å². The van der Waals surface area contributed by atoms with Crippen molar-refractivity contribution in [2.24, 2.45) is 0 Å². The molecule has 0 spiro atoms. The monoisotopic (exact) mass is 432 g/mol. The van der Waals surface area contributed by atoms with E-state index >= 15 is 0 Å². The molecule has 0 aliphatic carbocycles. The van der Waals surface area contributed by atoms with E-state index in [1.807, 2.05) is 68.4 Å². The molecule has 0 aromatic heterocycles. The van der Waals surface area contributed by atoms with Crippen LogP contribution in [0.25, 0.3) is 0 Å². The largest absolute Gasteiger partial charge is 0.352 e. The van der Waals surface area contributed by atoms with Crippen molar-refractivity contribution >= 4 is 35.2 Å². The standard InChI is InChI=1S/C23H29ClN2O2S/c1-17(2)25-23(28)18(3)26(14-13-19-9-5-4-6-10-19)22(27)16-29-15-20-11-7-8-12-21(20)24/h4-12,17-18H,13-16H2,1-3H3,(H,25,28)/t18-/m1/s1. The number of thioether (sulfide) groups is 1. The summed E-state index contributed by atoms with van der Waals surface area (Å²) < 4.78 is 0. The lowest BCUT2D eigenvalue weighted by Gasteiger charge is -2.29. The predicted octanol–water partition coefficient (Wildman–Crippen LogP) is 4.56. The zero-order chi connectivity index (χ0) is 21.2. The summed E-state index contributed by atoms with van der Waals surface area (Å²) in [5.74, 6) is 0.797. The number of hydrogen-bond acceptors (Lipinski definition) is 3. The molecule has 0 saturated carbocycles. The van der Waals surface area contributed by atoms with E-state index in [0.29, 0.717) is 29.5 Å². The quantitative estimate of drug-likeness (QED) is 0.598. The lowest BCUT2D eigenvalue weighted by molar-refractivity contribution is -0.138. The molecule has 0 unspecified atom stereocenters. The first-order valence-corrected chi connectivity index (χ1v) is 11.4. The molecule has 29 heavy (non-hydrogen) atoms. The van der Waals surface area contributed by atoms with Crippen LogP contribution in [0.5, 0.6) is 0 Å². The van der Waals surface area contributed by atoms with E-state index in [1.54, 1.807) is 11.8 Å². The van der Waals surface area contributed by atoms with Crippen molar-refractivity contribution in [3.8, 4) is 0 Å². The van der Waals surface area contributed by atoms with Crippen LogP contribution in [-0.2, 0) is 21.8 Å². The SMILES string of the molecule is CC(C)NC(=O)[C@@H](C)N(CCc1ccccc1)C(=O)CSCc1ccccc1Cl. The Morgan fingerprint density at radius 3 is 2.34 bits per heavy atom. The molecule has 0 aliphatic rings. The highest BCUT2D eigenvalue weighted by atomic mass is 35.5. The van der Waals surface area contributed by atoms with Gasteiger partial charge in [0.15, 0.2) is 0 Å². The number of halogens is 1. The van der Waals surface area contributed by atoms with Crippen LogP contribution >= 0.6 is 23.4 Å². The van der Waals surface area contributed by atoms with Crippen molar-refractivity contribution in [2.75, 3.05) is 12.3 Å². The van der Waals surface area contributed by atoms with Crippen molar-refractivity contribution < 1.29 is 9.59 Å². The van der Waals surface area contributed by atoms with Gasteiger partial charge in [0.25, 0.3) is 0 Å². The van der Waals surface area contributed by atoms with Crippen LogP contribution in [0.2, 0.25) is 5.02 Å². The number of hydrogen-bond donors (Lipinski definition) is 1. The van der Waals surface area contributed by atoms with Crippen LogP contribution < -0.4 is 5.32 Å². The average Bonchev–Trinajstić information content (AvgIpc) is 2.69. The van der Waals surface area contributed by atoms with Crippen LogP contribution in [0.15, 0.2) is 54.6 Å². The molecular formula is C23H29ClN2O2S. The molecule has 6 heteroatoms. The molecule has 0 heterocycles. The number of carbonyl (C=O) groups excluding carboxylic acids is 2. The molecule has 0 fully saturated rings. The highest BCUT2D eigenvalue weighted by Gasteiger charge is 2.26. The molecule has 1 N–H and O–H groups in total. The fourth-order valence-electron chi connectivity index (χ4n) is 2.92. The first-order chi connectivity index (χ1) is 13.9. The molecule has 4 nitrogen and oxygen atoms in total. The highest BCUT2D eigenvalue weighted by Crippen LogP contribution is 2.21. The number of nitrogens with one attached hydrogen (secondary N) is 1. The molecule has 1 atom stereocenters. The molecule has 2 rings (SSSR count). The summed E-state index contributed by atoms with van der Waals surface area (Å²) in [5.41, 5.74) is 2.15. The van der Waals surface area contributed by atoms with E-state index in [4.69, 9.17) is 11.6 Å². The minimum absolute atomic E-state index is 0.0330. The number of amides is 2. The molecule has 2 amide bonds. The number of nitrogens with zero attached hydrogens (tertiary/aromatic N) is 1. The van der Waals surface area contributed by atoms with E-state index < -0.39 is 6.04 Å². The topological polar surface area (TPSA) is 49.4 Å². The van der Waals surface area contributed by atoms with Crippen LogP contribution in [0.1, 0.15) is 31.9 Å². The second-order valence-electron chi connectivity index (χ2n) is 7.25. The Labute approximate surface area is 183 Å². The lowest BCUT2D eigenvalue weighted by atomic mass is 10.1. The van der Waals surface area contributed by atoms with Gasteiger partial charge >= 0.3 is 0 Å². The van der Waals surface area contributed by atoms with E-state index in [-0.39, 0.29) is 17.9 Å². The van der Waals surface area contributed by atoms with Gasteiger partial charge in [0.2, 0.25) is 11.8 Å². The van der Waals surface area contributed by atoms with Crippen LogP contribution in [-0.4, -0.2) is 41.1 Å². The summed E-state index contributed by atoms with van der Waals surface area (Å²) in [6.45, 7) is 6.13. The fourth-order valence-corrected chi connectivity index (χ4v) is 4.12. The molecule has 0 bridgehead atoms. The Morgan fingerprint density at radius 1 is 1.03 bits per heavy atom. The van der Waals surface area contributed by atoms with E-state index in [0.717, 1.165) is 11.1 Å². The summed E-state index contributed by atoms with van der Waals surface area (Å²) in [6, 6.07) is 17.2. The molecule has 156 valence electrons. The molecule has 0 aliphatic heterocycles. The first kappa shape index (κ1) is 23.3. The van der Waals surface area contributed by atoms with Crippen LogP contribution in [0.3, 0.4) is 0 Å². The maximum absolute atomic E-state index is 13.0. The number of carbonyl (C=O) groups is 2. The van der Waals surface area contributed by atoms with Gasteiger partial charge in [-0.15, -0.1) is 11.8 Å². The Kier molecular flexibility index (Phi) is 9.55. The summed E-state index contributed by atoms with van der Waals surface area (Å²) in [4.78, 5) is 27.2. The maximum Gasteiger partial charge on any atom is 0.242 e. The second-order valence-corrected chi connectivity index (χ2v) is 8.64. The zero-order valence-corrected chi connectivity index (χ0v) is 18.8. The van der Waals surface area contributed by atoms with Crippen LogP contribution in [0, 0.1) is 0 Å². The van der Waals surface area contributed by atoms with Gasteiger partial charge in [0.05, 0.1) is 5.75 Å². The normalized spacial score (nSPS) is 11.9. The van der Waals surface area contributed by atoms with Gasteiger partial charge < -0.3 is 10.2 Å². The summed E-state index contributed by atoms with van der Waals surface area (Å²) in [6.07, 6.45) is 0.709. The molecule has 0 radical (unpaired) electrons. The summed E-state index contributed by atoms with van der Waals surface area (Å²) in [7, 11) is 0. The lowest BCUT2D eigenvalue weighted by Crippen LogP contribution is -2.50. The Hall–Kier alpha value is -1.98. The van der Waals surface area contributed by atoms with Crippen molar-refractivity contribution in [2.45, 2.75) is 45.0 Å². The third-order valence-electron chi connectivity index (χ3n) is 4.52. The highest BCUT2D eigenvalue weighted by molar-refractivity contribution is 7.99. The first-order valence-electron chi connectivity index (χ1n) is 9.83. The third kappa shape index (κ3) is 7.75. The summed E-state index contributed by atoms with van der Waals surface area (Å²) in [5, 5.41) is 3.61. The van der Waals surface area contributed by atoms with Crippen molar-refractivity contribution in [1.82, 2.24) is 10.2 Å². The second kappa shape index (κ2) is 11.9. The van der Waals surface area contributed by atoms with Crippen molar-refractivity contribution in [3.63, 3.8) is 0 Å². The Balaban J connectivity index is 2.00. The van der Waals surface area contributed by atoms with Crippen molar-refractivity contribution in [3.05, 3.63) is 70.7 Å². The van der Waals surface area contributed by atoms with Gasteiger partial charge in [-0.1, -0.05) is 60.1 Å². The van der Waals surface area contributed by atoms with Gasteiger partial charge in [0.1, 0.15) is 6.04 Å². The Morgan fingerprint density at radius 2 is 1.69 bits per heavy atom. The Bertz CT molecular complexity index is 798. The van der Waals surface area contributed by atoms with E-state index in [2.05, 4.69) is 5.32 Å². The maximum atomic E-state index is 13.0. The minimum atomic E-state index is -0.519. The number of benzene rings is 2. The fraction of sp³-hybridized carbons (Fsp3) is 0.391. The van der Waals surface area contributed by atoms with Gasteiger partial charge in [-0.3, -0.25) is 9.59 Å².